The number of esters is 2. The average Bonchev–Trinajstić information content (AvgIpc) is 3.73. The highest BCUT2D eigenvalue weighted by atomic mass is 32.2. The number of fused-ring (bicyclic) bond motifs is 9. The van der Waals surface area contributed by atoms with Crippen molar-refractivity contribution in [1.82, 2.24) is 15.1 Å². The number of benzene rings is 3. The van der Waals surface area contributed by atoms with Crippen molar-refractivity contribution < 1.29 is 70.6 Å². The number of thioether (sulfide) groups is 1. The summed E-state index contributed by atoms with van der Waals surface area (Å²) in [5, 5.41) is 25.7. The van der Waals surface area contributed by atoms with Gasteiger partial charge in [0.2, 0.25) is 6.79 Å². The fourth-order valence-electron chi connectivity index (χ4n) is 10.6. The van der Waals surface area contributed by atoms with Gasteiger partial charge in [-0.15, -0.1) is 11.8 Å². The van der Waals surface area contributed by atoms with E-state index in [1.54, 1.807) is 39.8 Å². The van der Waals surface area contributed by atoms with Gasteiger partial charge in [-0.3, -0.25) is 15.1 Å². The molecule has 2 saturated heterocycles. The number of carbonyl (C=O) groups is 3. The molecule has 346 valence electrons. The molecule has 10 rings (SSSR count). The molecule has 16 nitrogen and oxygen atoms in total. The van der Waals surface area contributed by atoms with E-state index >= 15 is 4.79 Å². The Kier molecular flexibility index (Phi) is 10.8. The number of phenols is 1. The number of nitriles is 1. The lowest BCUT2D eigenvalue weighted by Gasteiger charge is -2.62. The summed E-state index contributed by atoms with van der Waals surface area (Å²) in [6, 6.07) is 3.51. The molecular formula is C45H47F3N4O12S. The maximum atomic E-state index is 15.0. The molecular weight excluding hydrogens is 878 g/mol. The number of ether oxygens (including phenoxy) is 8. The van der Waals surface area contributed by atoms with E-state index in [-0.39, 0.29) is 70.3 Å². The van der Waals surface area contributed by atoms with Crippen molar-refractivity contribution in [3.63, 3.8) is 0 Å². The van der Waals surface area contributed by atoms with E-state index < -0.39 is 83.2 Å². The quantitative estimate of drug-likeness (QED) is 0.173. The van der Waals surface area contributed by atoms with Crippen LogP contribution >= 0.6 is 11.8 Å². The summed E-state index contributed by atoms with van der Waals surface area (Å²) in [6.07, 6.45) is -5.64. The summed E-state index contributed by atoms with van der Waals surface area (Å²) in [5.74, 6) is -3.23. The van der Waals surface area contributed by atoms with Gasteiger partial charge < -0.3 is 43.0 Å². The van der Waals surface area contributed by atoms with Crippen molar-refractivity contribution >= 4 is 29.9 Å². The molecule has 7 atom stereocenters. The van der Waals surface area contributed by atoms with Crippen molar-refractivity contribution in [3.8, 4) is 46.3 Å². The van der Waals surface area contributed by atoms with Crippen molar-refractivity contribution in [2.45, 2.75) is 100 Å². The van der Waals surface area contributed by atoms with Crippen molar-refractivity contribution in [1.29, 1.82) is 5.26 Å². The van der Waals surface area contributed by atoms with Gasteiger partial charge in [0, 0.05) is 46.6 Å². The number of piperazine rings is 1. The minimum absolute atomic E-state index is 0.0474. The zero-order valence-corrected chi connectivity index (χ0v) is 37.6. The summed E-state index contributed by atoms with van der Waals surface area (Å²) in [6.45, 7) is 7.84. The third-order valence-electron chi connectivity index (χ3n) is 13.2. The van der Waals surface area contributed by atoms with Crippen LogP contribution in [0.25, 0.3) is 0 Å². The minimum atomic E-state index is -5.39. The van der Waals surface area contributed by atoms with Gasteiger partial charge in [0.25, 0.3) is 0 Å². The van der Waals surface area contributed by atoms with E-state index in [0.29, 0.717) is 35.1 Å². The molecule has 0 aliphatic carbocycles. The van der Waals surface area contributed by atoms with Crippen LogP contribution in [0, 0.1) is 25.2 Å². The van der Waals surface area contributed by atoms with Gasteiger partial charge in [-0.05, 0) is 88.9 Å². The predicted octanol–water partition coefficient (Wildman–Crippen LogP) is 6.14. The second-order valence-corrected chi connectivity index (χ2v) is 19.1. The van der Waals surface area contributed by atoms with Crippen molar-refractivity contribution in [2.24, 2.45) is 0 Å². The lowest BCUT2D eigenvalue weighted by atomic mass is 9.71. The molecule has 0 amide bonds. The highest BCUT2D eigenvalue weighted by molar-refractivity contribution is 7.99. The molecule has 7 aliphatic heterocycles. The zero-order valence-electron chi connectivity index (χ0n) is 36.8. The molecule has 2 N–H and O–H groups in total. The average molecular weight is 925 g/mol. The molecule has 4 bridgehead atoms. The molecule has 2 fully saturated rings. The Morgan fingerprint density at radius 1 is 0.985 bits per heavy atom. The number of likely N-dealkylation sites (N-methyl/N-ethyl adjacent to an activating group) is 1. The van der Waals surface area contributed by atoms with Gasteiger partial charge >= 0.3 is 24.3 Å². The molecule has 1 unspecified atom stereocenters. The molecule has 3 aromatic carbocycles. The number of hydrogen-bond acceptors (Lipinski definition) is 17. The lowest BCUT2D eigenvalue weighted by Crippen LogP contribution is -2.69. The smallest absolute Gasteiger partial charge is 0.504 e. The number of phenolic OH excluding ortho intramolecular Hbond substituents is 1. The molecule has 0 saturated carbocycles. The predicted molar refractivity (Wildman–Crippen MR) is 224 cm³/mol. The first-order chi connectivity index (χ1) is 30.7. The zero-order chi connectivity index (χ0) is 46.7. The van der Waals surface area contributed by atoms with E-state index in [9.17, 15) is 33.1 Å². The number of halogens is 3. The van der Waals surface area contributed by atoms with Crippen LogP contribution in [0.1, 0.15) is 82.6 Å². The van der Waals surface area contributed by atoms with Crippen LogP contribution < -0.4 is 33.7 Å². The van der Waals surface area contributed by atoms with Crippen LogP contribution in [0.5, 0.6) is 40.2 Å². The number of aryl methyl sites for hydroxylation is 1. The SMILES string of the molecule is COc1cc2c(cc1OC(=O)OC(C)(C)C)CCN[C@]21CS[C@@H]2c3c(OC(=O)C(F)(F)F)c(C)c4c(c3[C@H](COC1=O)N1C2[C@H]2c3c(cc(C)c(OC)c3O)C[C@@H]([C@@H]1C#N)N2C)OCO4. The first kappa shape index (κ1) is 44.6. The Hall–Kier alpha value is -5.62. The summed E-state index contributed by atoms with van der Waals surface area (Å²) in [4.78, 5) is 44.7. The number of nitrogens with one attached hydrogen (secondary N) is 1. The van der Waals surface area contributed by atoms with E-state index in [4.69, 9.17) is 37.9 Å². The number of alkyl halides is 3. The number of hydrogen-bond donors (Lipinski definition) is 2. The van der Waals surface area contributed by atoms with E-state index in [2.05, 4.69) is 11.4 Å². The van der Waals surface area contributed by atoms with E-state index in [1.165, 1.54) is 32.9 Å². The Balaban J connectivity index is 1.28. The Labute approximate surface area is 376 Å². The minimum Gasteiger partial charge on any atom is -0.504 e. The van der Waals surface area contributed by atoms with Gasteiger partial charge in [0.15, 0.2) is 40.0 Å². The summed E-state index contributed by atoms with van der Waals surface area (Å²) in [7, 11) is 4.65. The molecule has 65 heavy (non-hydrogen) atoms. The molecule has 3 aromatic rings. The number of aromatic hydroxyl groups is 1. The van der Waals surface area contributed by atoms with Crippen molar-refractivity contribution in [2.75, 3.05) is 47.0 Å². The number of carbonyl (C=O) groups excluding carboxylic acids is 3. The van der Waals surface area contributed by atoms with Gasteiger partial charge in [0.05, 0.1) is 37.6 Å². The van der Waals surface area contributed by atoms with E-state index in [0.717, 1.165) is 5.56 Å². The number of nitrogens with zero attached hydrogens (tertiary/aromatic N) is 3. The standard InChI is InChI=1S/C45H47F3N4O12S/c1-19-11-22-12-24-25(15-49)52-26-16-59-40(54)44(23-14-27(57-7)28(13-21(23)9-10-50-44)62-42(56)64-43(3,4)5)17-65-39(33(52)32(51(24)6)29(22)34(53)35(19)58-8)31-30(26)38-37(60-18-61-38)20(2)36(31)63-41(55)45(46,47)48/h11,13-14,24-26,32-33,39,50,53H,9-10,12,16-18H2,1-8H3/t24-,25-,26-,32+,33?,39+,44+/m0/s1. The van der Waals surface area contributed by atoms with E-state index in [1.807, 2.05) is 22.9 Å². The third kappa shape index (κ3) is 6.95. The molecule has 7 heterocycles. The molecule has 0 aromatic heterocycles. The normalized spacial score (nSPS) is 26.7. The first-order valence-corrected chi connectivity index (χ1v) is 22.0. The lowest BCUT2D eigenvalue weighted by molar-refractivity contribution is -0.189. The Morgan fingerprint density at radius 3 is 2.40 bits per heavy atom. The number of methoxy groups -OCH3 is 2. The highest BCUT2D eigenvalue weighted by Crippen LogP contribution is 2.65. The van der Waals surface area contributed by atoms with Crippen LogP contribution in [-0.4, -0.2) is 110 Å². The topological polar surface area (TPSA) is 188 Å². The fourth-order valence-corrected chi connectivity index (χ4v) is 12.3. The van der Waals surface area contributed by atoms with Gasteiger partial charge in [-0.25, -0.2) is 14.4 Å². The van der Waals surface area contributed by atoms with Crippen LogP contribution in [0.15, 0.2) is 18.2 Å². The van der Waals surface area contributed by atoms with Crippen LogP contribution in [0.3, 0.4) is 0 Å². The molecule has 0 radical (unpaired) electrons. The van der Waals surface area contributed by atoms with Crippen LogP contribution in [0.4, 0.5) is 18.0 Å². The summed E-state index contributed by atoms with van der Waals surface area (Å²) in [5.41, 5.74) is 0.972. The van der Waals surface area contributed by atoms with Gasteiger partial charge in [-0.1, -0.05) is 6.07 Å². The molecule has 20 heteroatoms. The molecule has 1 spiro atoms. The van der Waals surface area contributed by atoms with Crippen LogP contribution in [0.2, 0.25) is 0 Å². The second kappa shape index (κ2) is 15.8. The first-order valence-electron chi connectivity index (χ1n) is 20.9. The monoisotopic (exact) mass is 924 g/mol. The van der Waals surface area contributed by atoms with Crippen molar-refractivity contribution in [3.05, 3.63) is 62.7 Å². The Bertz CT molecular complexity index is 2580. The summed E-state index contributed by atoms with van der Waals surface area (Å²) < 4.78 is 88.9. The maximum absolute atomic E-state index is 15.0. The molecule has 7 aliphatic rings. The largest absolute Gasteiger partial charge is 0.514 e. The Morgan fingerprint density at radius 2 is 1.72 bits per heavy atom. The number of rotatable bonds is 4. The van der Waals surface area contributed by atoms with Gasteiger partial charge in [0.1, 0.15) is 24.0 Å². The summed E-state index contributed by atoms with van der Waals surface area (Å²) >= 11 is 1.18. The van der Waals surface area contributed by atoms with Gasteiger partial charge in [-0.2, -0.15) is 18.4 Å². The maximum Gasteiger partial charge on any atom is 0.514 e. The highest BCUT2D eigenvalue weighted by Gasteiger charge is 2.62. The second-order valence-electron chi connectivity index (χ2n) is 17.9. The fraction of sp³-hybridized carbons (Fsp3) is 0.511. The third-order valence-corrected chi connectivity index (χ3v) is 14.7. The van der Waals surface area contributed by atoms with Crippen LogP contribution in [-0.2, 0) is 37.4 Å².